The first-order valence-corrected chi connectivity index (χ1v) is 5.39. The van der Waals surface area contributed by atoms with Crippen molar-refractivity contribution in [3.05, 3.63) is 42.0 Å². The second-order valence-electron chi connectivity index (χ2n) is 3.91. The lowest BCUT2D eigenvalue weighted by Crippen LogP contribution is -2.29. The molecule has 0 fully saturated rings. The van der Waals surface area contributed by atoms with E-state index in [4.69, 9.17) is 5.84 Å². The first-order valence-electron chi connectivity index (χ1n) is 5.39. The molecular formula is C13H12N2O4. The zero-order valence-electron chi connectivity index (χ0n) is 9.79. The molecule has 0 spiro atoms. The van der Waals surface area contributed by atoms with Gasteiger partial charge in [-0.25, -0.2) is 5.84 Å². The van der Waals surface area contributed by atoms with Gasteiger partial charge in [0.15, 0.2) is 17.2 Å². The number of hydrazine groups is 1. The van der Waals surface area contributed by atoms with Crippen LogP contribution in [0.15, 0.2) is 36.4 Å². The van der Waals surface area contributed by atoms with Gasteiger partial charge in [-0.15, -0.1) is 0 Å². The molecule has 0 atom stereocenters. The van der Waals surface area contributed by atoms with Gasteiger partial charge in [0.1, 0.15) is 0 Å². The van der Waals surface area contributed by atoms with E-state index in [2.05, 4.69) is 0 Å². The van der Waals surface area contributed by atoms with Crippen LogP contribution in [0.4, 0.5) is 0 Å². The number of phenolic OH excluding ortho intramolecular Hbond substituents is 3. The summed E-state index contributed by atoms with van der Waals surface area (Å²) in [6.07, 6.45) is 0. The first-order chi connectivity index (χ1) is 9.02. The molecule has 0 aliphatic carbocycles. The summed E-state index contributed by atoms with van der Waals surface area (Å²) in [5.74, 6) is 3.20. The molecule has 0 unspecified atom stereocenters. The molecule has 6 heteroatoms. The number of nitrogens with two attached hydrogens (primary N) is 1. The quantitative estimate of drug-likeness (QED) is 0.240. The van der Waals surface area contributed by atoms with E-state index >= 15 is 0 Å². The van der Waals surface area contributed by atoms with E-state index in [1.165, 1.54) is 12.1 Å². The molecule has 0 radical (unpaired) electrons. The highest BCUT2D eigenvalue weighted by molar-refractivity contribution is 5.94. The predicted molar refractivity (Wildman–Crippen MR) is 68.5 cm³/mol. The standard InChI is InChI=1S/C13H12N2O4/c14-15-13(19)8-3-1-7(2-4-8)9-5-10(16)12(18)11(17)6-9/h1-6,16-18H,14H2,(H,15,19). The number of carbonyl (C=O) groups is 1. The Morgan fingerprint density at radius 3 is 1.95 bits per heavy atom. The number of amides is 1. The van der Waals surface area contributed by atoms with Crippen LogP contribution in [0.2, 0.25) is 0 Å². The first kappa shape index (κ1) is 12.7. The topological polar surface area (TPSA) is 116 Å². The number of rotatable bonds is 2. The summed E-state index contributed by atoms with van der Waals surface area (Å²) in [5.41, 5.74) is 3.57. The van der Waals surface area contributed by atoms with Crippen molar-refractivity contribution in [1.82, 2.24) is 5.43 Å². The van der Waals surface area contributed by atoms with E-state index in [-0.39, 0.29) is 0 Å². The predicted octanol–water partition coefficient (Wildman–Crippen LogP) is 1.07. The second kappa shape index (κ2) is 4.87. The minimum Gasteiger partial charge on any atom is -0.504 e. The van der Waals surface area contributed by atoms with Gasteiger partial charge in [0.2, 0.25) is 0 Å². The van der Waals surface area contributed by atoms with Crippen LogP contribution in [0.25, 0.3) is 11.1 Å². The molecule has 2 rings (SSSR count). The Balaban J connectivity index is 2.40. The Bertz CT molecular complexity index is 600. The fourth-order valence-electron chi connectivity index (χ4n) is 1.67. The number of phenols is 3. The Morgan fingerprint density at radius 1 is 0.947 bits per heavy atom. The van der Waals surface area contributed by atoms with E-state index in [0.29, 0.717) is 16.7 Å². The molecule has 98 valence electrons. The SMILES string of the molecule is NNC(=O)c1ccc(-c2cc(O)c(O)c(O)c2)cc1. The van der Waals surface area contributed by atoms with E-state index in [0.717, 1.165) is 0 Å². The zero-order valence-corrected chi connectivity index (χ0v) is 9.79. The fourth-order valence-corrected chi connectivity index (χ4v) is 1.67. The summed E-state index contributed by atoms with van der Waals surface area (Å²) in [4.78, 5) is 11.3. The number of carbonyl (C=O) groups excluding carboxylic acids is 1. The zero-order chi connectivity index (χ0) is 14.0. The summed E-state index contributed by atoms with van der Waals surface area (Å²) in [7, 11) is 0. The van der Waals surface area contributed by atoms with Crippen LogP contribution < -0.4 is 11.3 Å². The lowest BCUT2D eigenvalue weighted by molar-refractivity contribution is 0.0953. The van der Waals surface area contributed by atoms with E-state index in [1.807, 2.05) is 5.43 Å². The van der Waals surface area contributed by atoms with Gasteiger partial charge in [-0.2, -0.15) is 0 Å². The van der Waals surface area contributed by atoms with Crippen molar-refractivity contribution in [3.63, 3.8) is 0 Å². The largest absolute Gasteiger partial charge is 0.504 e. The molecule has 0 heterocycles. The summed E-state index contributed by atoms with van der Waals surface area (Å²) < 4.78 is 0. The third kappa shape index (κ3) is 2.43. The molecule has 0 saturated heterocycles. The third-order valence-electron chi connectivity index (χ3n) is 2.68. The van der Waals surface area contributed by atoms with E-state index < -0.39 is 23.2 Å². The van der Waals surface area contributed by atoms with E-state index in [9.17, 15) is 20.1 Å². The molecule has 6 nitrogen and oxygen atoms in total. The lowest BCUT2D eigenvalue weighted by Gasteiger charge is -2.07. The average Bonchev–Trinajstić information content (AvgIpc) is 2.43. The van der Waals surface area contributed by atoms with Crippen molar-refractivity contribution in [2.45, 2.75) is 0 Å². The highest BCUT2D eigenvalue weighted by Gasteiger charge is 2.10. The maximum absolute atomic E-state index is 11.3. The molecule has 0 aromatic heterocycles. The highest BCUT2D eigenvalue weighted by atomic mass is 16.3. The highest BCUT2D eigenvalue weighted by Crippen LogP contribution is 2.38. The minimum absolute atomic E-state index is 0.387. The van der Waals surface area contributed by atoms with Crippen molar-refractivity contribution in [3.8, 4) is 28.4 Å². The van der Waals surface area contributed by atoms with Gasteiger partial charge in [-0.05, 0) is 35.4 Å². The Kier molecular flexibility index (Phi) is 3.26. The molecule has 2 aromatic rings. The minimum atomic E-state index is -0.567. The van der Waals surface area contributed by atoms with Gasteiger partial charge in [-0.1, -0.05) is 12.1 Å². The van der Waals surface area contributed by atoms with Crippen LogP contribution in [0.3, 0.4) is 0 Å². The van der Waals surface area contributed by atoms with Gasteiger partial charge >= 0.3 is 0 Å². The van der Waals surface area contributed by atoms with Crippen LogP contribution in [-0.4, -0.2) is 21.2 Å². The molecule has 0 aliphatic rings. The lowest BCUT2D eigenvalue weighted by atomic mass is 10.0. The number of nitrogen functional groups attached to an aromatic ring is 1. The number of benzene rings is 2. The van der Waals surface area contributed by atoms with Crippen LogP contribution in [0.1, 0.15) is 10.4 Å². The van der Waals surface area contributed by atoms with Crippen molar-refractivity contribution in [1.29, 1.82) is 0 Å². The summed E-state index contributed by atoms with van der Waals surface area (Å²) in [6.45, 7) is 0. The van der Waals surface area contributed by atoms with Gasteiger partial charge in [-0.3, -0.25) is 10.2 Å². The maximum atomic E-state index is 11.3. The molecule has 0 saturated carbocycles. The Labute approximate surface area is 108 Å². The van der Waals surface area contributed by atoms with Gasteiger partial charge in [0, 0.05) is 5.56 Å². The number of aromatic hydroxyl groups is 3. The van der Waals surface area contributed by atoms with Gasteiger partial charge in [0.05, 0.1) is 0 Å². The van der Waals surface area contributed by atoms with Crippen LogP contribution in [-0.2, 0) is 0 Å². The Morgan fingerprint density at radius 2 is 1.47 bits per heavy atom. The molecular weight excluding hydrogens is 248 g/mol. The molecule has 1 amide bonds. The van der Waals surface area contributed by atoms with Crippen LogP contribution >= 0.6 is 0 Å². The normalized spacial score (nSPS) is 10.2. The Hall–Kier alpha value is -2.73. The van der Waals surface area contributed by atoms with E-state index in [1.54, 1.807) is 24.3 Å². The second-order valence-corrected chi connectivity index (χ2v) is 3.91. The number of hydrogen-bond acceptors (Lipinski definition) is 5. The van der Waals surface area contributed by atoms with Crippen molar-refractivity contribution >= 4 is 5.91 Å². The number of nitrogens with one attached hydrogen (secondary N) is 1. The fraction of sp³-hybridized carbons (Fsp3) is 0. The molecule has 0 bridgehead atoms. The summed E-state index contributed by atoms with van der Waals surface area (Å²) in [5, 5.41) is 28.1. The van der Waals surface area contributed by atoms with Crippen LogP contribution in [0, 0.1) is 0 Å². The smallest absolute Gasteiger partial charge is 0.265 e. The molecule has 2 aromatic carbocycles. The maximum Gasteiger partial charge on any atom is 0.265 e. The molecule has 6 N–H and O–H groups in total. The summed E-state index contributed by atoms with van der Waals surface area (Å²) >= 11 is 0. The summed E-state index contributed by atoms with van der Waals surface area (Å²) in [6, 6.07) is 9.00. The third-order valence-corrected chi connectivity index (χ3v) is 2.68. The average molecular weight is 260 g/mol. The van der Waals surface area contributed by atoms with Gasteiger partial charge < -0.3 is 15.3 Å². The van der Waals surface area contributed by atoms with Crippen molar-refractivity contribution in [2.75, 3.05) is 0 Å². The van der Waals surface area contributed by atoms with Crippen molar-refractivity contribution in [2.24, 2.45) is 5.84 Å². The monoisotopic (exact) mass is 260 g/mol. The molecule has 19 heavy (non-hydrogen) atoms. The molecule has 0 aliphatic heterocycles. The van der Waals surface area contributed by atoms with Crippen molar-refractivity contribution < 1.29 is 20.1 Å². The number of hydrogen-bond donors (Lipinski definition) is 5. The van der Waals surface area contributed by atoms with Gasteiger partial charge in [0.25, 0.3) is 5.91 Å². The van der Waals surface area contributed by atoms with Crippen LogP contribution in [0.5, 0.6) is 17.2 Å².